The van der Waals surface area contributed by atoms with E-state index < -0.39 is 0 Å². The zero-order valence-electron chi connectivity index (χ0n) is 12.3. The standard InChI is InChI=1S/C17H24BrNO/c1-20-16-11-13(18)10-15(12-16)19-14-4-8-17(9-5-14)6-2-3-7-17/h10-12,14,19H,2-9H2,1H3. The Labute approximate surface area is 130 Å². The normalized spacial score (nSPS) is 22.1. The van der Waals surface area contributed by atoms with E-state index in [1.165, 1.54) is 57.1 Å². The van der Waals surface area contributed by atoms with Crippen molar-refractivity contribution in [1.29, 1.82) is 0 Å². The maximum Gasteiger partial charge on any atom is 0.122 e. The first-order valence-electron chi connectivity index (χ1n) is 7.80. The van der Waals surface area contributed by atoms with Gasteiger partial charge >= 0.3 is 0 Å². The SMILES string of the molecule is COc1cc(Br)cc(NC2CCC3(CCCC3)CC2)c1. The van der Waals surface area contributed by atoms with Gasteiger partial charge in [0.25, 0.3) is 0 Å². The topological polar surface area (TPSA) is 21.3 Å². The molecular formula is C17H24BrNO. The predicted octanol–water partition coefficient (Wildman–Crippen LogP) is 5.37. The molecule has 0 aromatic heterocycles. The summed E-state index contributed by atoms with van der Waals surface area (Å²) in [6, 6.07) is 6.85. The third kappa shape index (κ3) is 3.13. The van der Waals surface area contributed by atoms with Crippen molar-refractivity contribution < 1.29 is 4.74 Å². The molecular weight excluding hydrogens is 314 g/mol. The molecule has 110 valence electrons. The lowest BCUT2D eigenvalue weighted by atomic mass is 9.71. The number of ether oxygens (including phenoxy) is 1. The Kier molecular flexibility index (Phi) is 4.25. The number of rotatable bonds is 3. The molecule has 3 rings (SSSR count). The van der Waals surface area contributed by atoms with Crippen molar-refractivity contribution in [2.45, 2.75) is 57.4 Å². The monoisotopic (exact) mass is 337 g/mol. The second-order valence-corrected chi connectivity index (χ2v) is 7.42. The van der Waals surface area contributed by atoms with Gasteiger partial charge in [-0.1, -0.05) is 28.8 Å². The molecule has 3 heteroatoms. The highest BCUT2D eigenvalue weighted by atomic mass is 79.9. The van der Waals surface area contributed by atoms with Crippen molar-refractivity contribution in [1.82, 2.24) is 0 Å². The van der Waals surface area contributed by atoms with Crippen molar-refractivity contribution >= 4 is 21.6 Å². The molecule has 2 aliphatic carbocycles. The molecule has 1 spiro atoms. The van der Waals surface area contributed by atoms with Gasteiger partial charge in [0.05, 0.1) is 7.11 Å². The Bertz CT molecular complexity index is 458. The Morgan fingerprint density at radius 3 is 2.45 bits per heavy atom. The van der Waals surface area contributed by atoms with Crippen molar-refractivity contribution in [3.8, 4) is 5.75 Å². The van der Waals surface area contributed by atoms with Gasteiger partial charge in [-0.2, -0.15) is 0 Å². The molecule has 2 saturated carbocycles. The van der Waals surface area contributed by atoms with Crippen LogP contribution in [0.5, 0.6) is 5.75 Å². The van der Waals surface area contributed by atoms with Crippen LogP contribution in [0.15, 0.2) is 22.7 Å². The van der Waals surface area contributed by atoms with Crippen LogP contribution in [0.4, 0.5) is 5.69 Å². The van der Waals surface area contributed by atoms with Gasteiger partial charge in [0.2, 0.25) is 0 Å². The summed E-state index contributed by atoms with van der Waals surface area (Å²) in [7, 11) is 1.72. The molecule has 0 saturated heterocycles. The average Bonchev–Trinajstić information content (AvgIpc) is 2.89. The Morgan fingerprint density at radius 1 is 1.10 bits per heavy atom. The lowest BCUT2D eigenvalue weighted by molar-refractivity contribution is 0.188. The van der Waals surface area contributed by atoms with Gasteiger partial charge in [0, 0.05) is 22.3 Å². The predicted molar refractivity (Wildman–Crippen MR) is 87.5 cm³/mol. The fourth-order valence-electron chi connectivity index (χ4n) is 4.00. The first-order chi connectivity index (χ1) is 9.69. The van der Waals surface area contributed by atoms with Crippen LogP contribution in [0.25, 0.3) is 0 Å². The molecule has 0 unspecified atom stereocenters. The van der Waals surface area contributed by atoms with E-state index in [0.29, 0.717) is 11.5 Å². The van der Waals surface area contributed by atoms with Crippen LogP contribution in [-0.4, -0.2) is 13.2 Å². The van der Waals surface area contributed by atoms with E-state index in [1.54, 1.807) is 7.11 Å². The van der Waals surface area contributed by atoms with Crippen molar-refractivity contribution in [2.24, 2.45) is 5.41 Å². The highest BCUT2D eigenvalue weighted by Gasteiger charge is 2.37. The molecule has 2 fully saturated rings. The number of halogens is 1. The minimum Gasteiger partial charge on any atom is -0.497 e. The van der Waals surface area contributed by atoms with Gasteiger partial charge in [-0.15, -0.1) is 0 Å². The Morgan fingerprint density at radius 2 is 1.80 bits per heavy atom. The average molecular weight is 338 g/mol. The van der Waals surface area contributed by atoms with E-state index in [0.717, 1.165) is 10.2 Å². The number of anilines is 1. The lowest BCUT2D eigenvalue weighted by Crippen LogP contribution is -2.31. The second kappa shape index (κ2) is 5.97. The van der Waals surface area contributed by atoms with Gasteiger partial charge < -0.3 is 10.1 Å². The number of hydrogen-bond acceptors (Lipinski definition) is 2. The molecule has 2 nitrogen and oxygen atoms in total. The van der Waals surface area contributed by atoms with Crippen LogP contribution in [-0.2, 0) is 0 Å². The van der Waals surface area contributed by atoms with Crippen LogP contribution in [0.2, 0.25) is 0 Å². The van der Waals surface area contributed by atoms with Crippen molar-refractivity contribution in [3.63, 3.8) is 0 Å². The van der Waals surface area contributed by atoms with E-state index in [1.807, 2.05) is 6.07 Å². The first kappa shape index (κ1) is 14.2. The summed E-state index contributed by atoms with van der Waals surface area (Å²) in [5.74, 6) is 0.907. The van der Waals surface area contributed by atoms with Gasteiger partial charge in [-0.05, 0) is 56.1 Å². The molecule has 20 heavy (non-hydrogen) atoms. The number of nitrogens with one attached hydrogen (secondary N) is 1. The number of hydrogen-bond donors (Lipinski definition) is 1. The molecule has 0 amide bonds. The fourth-order valence-corrected chi connectivity index (χ4v) is 4.47. The molecule has 0 heterocycles. The quantitative estimate of drug-likeness (QED) is 0.800. The minimum atomic E-state index is 0.625. The zero-order chi connectivity index (χ0) is 14.0. The third-order valence-electron chi connectivity index (χ3n) is 5.19. The van der Waals surface area contributed by atoms with Crippen LogP contribution in [0.3, 0.4) is 0 Å². The molecule has 0 radical (unpaired) electrons. The van der Waals surface area contributed by atoms with E-state index in [4.69, 9.17) is 4.74 Å². The molecule has 2 aliphatic rings. The maximum atomic E-state index is 5.33. The molecule has 0 bridgehead atoms. The Balaban J connectivity index is 1.60. The van der Waals surface area contributed by atoms with Gasteiger partial charge in [-0.3, -0.25) is 0 Å². The summed E-state index contributed by atoms with van der Waals surface area (Å²) in [5, 5.41) is 3.69. The minimum absolute atomic E-state index is 0.625. The fraction of sp³-hybridized carbons (Fsp3) is 0.647. The maximum absolute atomic E-state index is 5.33. The summed E-state index contributed by atoms with van der Waals surface area (Å²) in [6.45, 7) is 0. The van der Waals surface area contributed by atoms with Crippen LogP contribution < -0.4 is 10.1 Å². The highest BCUT2D eigenvalue weighted by molar-refractivity contribution is 9.10. The molecule has 1 N–H and O–H groups in total. The molecule has 1 aromatic carbocycles. The smallest absolute Gasteiger partial charge is 0.122 e. The molecule has 0 aliphatic heterocycles. The van der Waals surface area contributed by atoms with Gasteiger partial charge in [-0.25, -0.2) is 0 Å². The van der Waals surface area contributed by atoms with E-state index in [9.17, 15) is 0 Å². The summed E-state index contributed by atoms with van der Waals surface area (Å²) < 4.78 is 6.40. The van der Waals surface area contributed by atoms with Gasteiger partial charge in [0.15, 0.2) is 0 Å². The van der Waals surface area contributed by atoms with Crippen molar-refractivity contribution in [3.05, 3.63) is 22.7 Å². The van der Waals surface area contributed by atoms with Crippen LogP contribution in [0, 0.1) is 5.41 Å². The van der Waals surface area contributed by atoms with E-state index in [-0.39, 0.29) is 0 Å². The van der Waals surface area contributed by atoms with Crippen LogP contribution >= 0.6 is 15.9 Å². The largest absolute Gasteiger partial charge is 0.497 e. The first-order valence-corrected chi connectivity index (χ1v) is 8.60. The number of benzene rings is 1. The van der Waals surface area contributed by atoms with E-state index >= 15 is 0 Å². The summed E-state index contributed by atoms with van der Waals surface area (Å²) in [4.78, 5) is 0. The summed E-state index contributed by atoms with van der Waals surface area (Å²) >= 11 is 3.55. The Hall–Kier alpha value is -0.700. The summed E-state index contributed by atoms with van der Waals surface area (Å²) in [6.07, 6.45) is 11.3. The van der Waals surface area contributed by atoms with E-state index in [2.05, 4.69) is 33.4 Å². The zero-order valence-corrected chi connectivity index (χ0v) is 13.8. The molecule has 0 atom stereocenters. The van der Waals surface area contributed by atoms with Gasteiger partial charge in [0.1, 0.15) is 5.75 Å². The lowest BCUT2D eigenvalue weighted by Gasteiger charge is -2.38. The number of methoxy groups -OCH3 is 1. The van der Waals surface area contributed by atoms with Crippen molar-refractivity contribution in [2.75, 3.05) is 12.4 Å². The highest BCUT2D eigenvalue weighted by Crippen LogP contribution is 2.49. The van der Waals surface area contributed by atoms with Crippen LogP contribution in [0.1, 0.15) is 51.4 Å². The molecule has 1 aromatic rings. The summed E-state index contributed by atoms with van der Waals surface area (Å²) in [5.41, 5.74) is 1.89. The second-order valence-electron chi connectivity index (χ2n) is 6.51. The third-order valence-corrected chi connectivity index (χ3v) is 5.65.